The highest BCUT2D eigenvalue weighted by atomic mass is 16.5. The Hall–Kier alpha value is -3.37. The Morgan fingerprint density at radius 2 is 1.66 bits per heavy atom. The summed E-state index contributed by atoms with van der Waals surface area (Å²) in [5.41, 5.74) is 6.47. The Morgan fingerprint density at radius 3 is 2.38 bits per heavy atom. The fourth-order valence-corrected chi connectivity index (χ4v) is 4.66. The number of nitrogens with zero attached hydrogens (tertiary/aromatic N) is 1. The van der Waals surface area contributed by atoms with Crippen LogP contribution in [0.4, 0.5) is 0 Å². The summed E-state index contributed by atoms with van der Waals surface area (Å²) in [5.74, 6) is 0.840. The number of rotatable bonds is 4. The van der Waals surface area contributed by atoms with Gasteiger partial charge in [-0.15, -0.1) is 0 Å². The maximum Gasteiger partial charge on any atom is 0.340 e. The molecule has 0 aliphatic carbocycles. The monoisotopic (exact) mass is 425 g/mol. The fraction of sp³-hybridized carbons (Fsp3) is 0.250. The highest BCUT2D eigenvalue weighted by Gasteiger charge is 2.26. The van der Waals surface area contributed by atoms with E-state index < -0.39 is 0 Å². The third-order valence-electron chi connectivity index (χ3n) is 6.64. The van der Waals surface area contributed by atoms with E-state index in [0.29, 0.717) is 24.3 Å². The molecule has 1 atom stereocenters. The molecule has 5 rings (SSSR count). The number of ether oxygens (including phenoxy) is 1. The molecule has 0 radical (unpaired) electrons. The average molecular weight is 426 g/mol. The molecule has 4 nitrogen and oxygen atoms in total. The summed E-state index contributed by atoms with van der Waals surface area (Å²) < 4.78 is 12.0. The number of hydrogen-bond acceptors (Lipinski definition) is 4. The molecular formula is C28H27NO3. The maximum atomic E-state index is 12.9. The first-order valence-corrected chi connectivity index (χ1v) is 11.1. The van der Waals surface area contributed by atoms with E-state index in [1.165, 1.54) is 5.56 Å². The third-order valence-corrected chi connectivity index (χ3v) is 6.64. The quantitative estimate of drug-likeness (QED) is 0.381. The van der Waals surface area contributed by atoms with Crippen molar-refractivity contribution in [2.45, 2.75) is 39.8 Å². The van der Waals surface area contributed by atoms with Crippen LogP contribution in [-0.4, -0.2) is 11.6 Å². The van der Waals surface area contributed by atoms with Gasteiger partial charge in [-0.25, -0.2) is 4.79 Å². The van der Waals surface area contributed by atoms with E-state index >= 15 is 0 Å². The van der Waals surface area contributed by atoms with E-state index in [1.54, 1.807) is 0 Å². The first kappa shape index (κ1) is 20.5. The lowest BCUT2D eigenvalue weighted by atomic mass is 9.95. The molecule has 0 amide bonds. The van der Waals surface area contributed by atoms with Gasteiger partial charge in [0.2, 0.25) is 0 Å². The zero-order chi connectivity index (χ0) is 22.2. The molecule has 4 aromatic rings. The van der Waals surface area contributed by atoms with E-state index in [2.05, 4.69) is 42.2 Å². The van der Waals surface area contributed by atoms with Gasteiger partial charge in [0.15, 0.2) is 0 Å². The van der Waals surface area contributed by atoms with Gasteiger partial charge in [-0.3, -0.25) is 4.90 Å². The Kier molecular flexibility index (Phi) is 5.32. The third kappa shape index (κ3) is 3.61. The van der Waals surface area contributed by atoms with Crippen LogP contribution in [0.1, 0.15) is 46.3 Å². The Labute approximate surface area is 188 Å². The minimum absolute atomic E-state index is 0.240. The van der Waals surface area contributed by atoms with Gasteiger partial charge in [0.1, 0.15) is 18.1 Å². The molecule has 3 aromatic carbocycles. The number of benzene rings is 3. The van der Waals surface area contributed by atoms with E-state index in [1.807, 2.05) is 50.2 Å². The maximum absolute atomic E-state index is 12.9. The second-order valence-corrected chi connectivity index (χ2v) is 8.63. The lowest BCUT2D eigenvalue weighted by molar-refractivity contribution is 0.0613. The van der Waals surface area contributed by atoms with E-state index in [-0.39, 0.29) is 11.7 Å². The Bertz CT molecular complexity index is 1330. The van der Waals surface area contributed by atoms with Gasteiger partial charge in [0.25, 0.3) is 0 Å². The number of aryl methyl sites for hydroxylation is 2. The normalized spacial score (nSPS) is 14.7. The van der Waals surface area contributed by atoms with Crippen molar-refractivity contribution in [3.8, 4) is 5.75 Å². The van der Waals surface area contributed by atoms with Gasteiger partial charge in [0.05, 0.1) is 0 Å². The van der Waals surface area contributed by atoms with Crippen molar-refractivity contribution >= 4 is 11.0 Å². The number of fused-ring (bicyclic) bond motifs is 2. The largest absolute Gasteiger partial charge is 0.477 e. The van der Waals surface area contributed by atoms with Crippen molar-refractivity contribution in [3.05, 3.63) is 111 Å². The van der Waals surface area contributed by atoms with E-state index in [4.69, 9.17) is 9.15 Å². The smallest absolute Gasteiger partial charge is 0.340 e. The van der Waals surface area contributed by atoms with Crippen molar-refractivity contribution in [3.63, 3.8) is 0 Å². The van der Waals surface area contributed by atoms with Gasteiger partial charge in [-0.1, -0.05) is 60.7 Å². The molecule has 1 aromatic heterocycles. The van der Waals surface area contributed by atoms with Gasteiger partial charge in [0, 0.05) is 41.1 Å². The summed E-state index contributed by atoms with van der Waals surface area (Å²) in [6.07, 6.45) is 0.564. The fourth-order valence-electron chi connectivity index (χ4n) is 4.66. The molecule has 0 saturated heterocycles. The zero-order valence-corrected chi connectivity index (χ0v) is 18.7. The van der Waals surface area contributed by atoms with Crippen molar-refractivity contribution in [1.82, 2.24) is 4.90 Å². The van der Waals surface area contributed by atoms with Crippen LogP contribution >= 0.6 is 0 Å². The van der Waals surface area contributed by atoms with Crippen LogP contribution in [0.2, 0.25) is 0 Å². The molecule has 0 bridgehead atoms. The Balaban J connectivity index is 1.55. The summed E-state index contributed by atoms with van der Waals surface area (Å²) in [7, 11) is 0. The second kappa shape index (κ2) is 8.29. The van der Waals surface area contributed by atoms with Crippen LogP contribution < -0.4 is 10.4 Å². The van der Waals surface area contributed by atoms with Gasteiger partial charge < -0.3 is 9.15 Å². The zero-order valence-electron chi connectivity index (χ0n) is 18.7. The van der Waals surface area contributed by atoms with Crippen molar-refractivity contribution in [1.29, 1.82) is 0 Å². The van der Waals surface area contributed by atoms with E-state index in [9.17, 15) is 4.79 Å². The Morgan fingerprint density at radius 1 is 0.969 bits per heavy atom. The summed E-state index contributed by atoms with van der Waals surface area (Å²) in [6, 6.07) is 22.9. The molecule has 32 heavy (non-hydrogen) atoms. The molecule has 0 spiro atoms. The summed E-state index contributed by atoms with van der Waals surface area (Å²) in [4.78, 5) is 15.2. The molecule has 1 aliphatic rings. The standard InChI is InChI=1S/C28H27NO3/c1-18-24-15-23-16-29(20(3)22-12-8-5-9-13-22)17-31-26(23)19(2)27(24)32-28(30)25(18)14-21-10-6-4-7-11-21/h4-13,15,20H,14,16-17H2,1-3H3. The van der Waals surface area contributed by atoms with Crippen LogP contribution in [0.3, 0.4) is 0 Å². The van der Waals surface area contributed by atoms with Crippen LogP contribution in [0, 0.1) is 13.8 Å². The molecule has 1 aliphatic heterocycles. The van der Waals surface area contributed by atoms with Crippen LogP contribution in [0.5, 0.6) is 5.75 Å². The highest BCUT2D eigenvalue weighted by Crippen LogP contribution is 2.38. The van der Waals surface area contributed by atoms with E-state index in [0.717, 1.165) is 39.9 Å². The predicted molar refractivity (Wildman–Crippen MR) is 127 cm³/mol. The molecule has 0 N–H and O–H groups in total. The molecule has 0 saturated carbocycles. The first-order chi connectivity index (χ1) is 15.5. The predicted octanol–water partition coefficient (Wildman–Crippen LogP) is 5.91. The summed E-state index contributed by atoms with van der Waals surface area (Å²) >= 11 is 0. The minimum atomic E-state index is -0.267. The average Bonchev–Trinajstić information content (AvgIpc) is 2.83. The van der Waals surface area contributed by atoms with Crippen molar-refractivity contribution < 1.29 is 9.15 Å². The van der Waals surface area contributed by atoms with Crippen molar-refractivity contribution in [2.24, 2.45) is 0 Å². The molecule has 162 valence electrons. The number of hydrogen-bond donors (Lipinski definition) is 0. The molecule has 2 heterocycles. The van der Waals surface area contributed by atoms with Crippen LogP contribution in [0.25, 0.3) is 11.0 Å². The first-order valence-electron chi connectivity index (χ1n) is 11.1. The highest BCUT2D eigenvalue weighted by molar-refractivity contribution is 5.87. The lowest BCUT2D eigenvalue weighted by Gasteiger charge is -2.34. The van der Waals surface area contributed by atoms with Crippen molar-refractivity contribution in [2.75, 3.05) is 6.73 Å². The molecule has 1 unspecified atom stereocenters. The molecular weight excluding hydrogens is 398 g/mol. The van der Waals surface area contributed by atoms with Gasteiger partial charge in [-0.2, -0.15) is 0 Å². The molecule has 4 heteroatoms. The SMILES string of the molecule is Cc1c(Cc2ccccc2)c(=O)oc2c(C)c3c(cc12)CN(C(C)c1ccccc1)CO3. The topological polar surface area (TPSA) is 42.7 Å². The lowest BCUT2D eigenvalue weighted by Crippen LogP contribution is -2.34. The minimum Gasteiger partial charge on any atom is -0.477 e. The van der Waals surface area contributed by atoms with Crippen LogP contribution in [0.15, 0.2) is 75.9 Å². The molecule has 0 fully saturated rings. The summed E-state index contributed by atoms with van der Waals surface area (Å²) in [5, 5.41) is 0.990. The summed E-state index contributed by atoms with van der Waals surface area (Å²) in [6.45, 7) is 7.51. The van der Waals surface area contributed by atoms with Gasteiger partial charge >= 0.3 is 5.63 Å². The second-order valence-electron chi connectivity index (χ2n) is 8.63. The van der Waals surface area contributed by atoms with Crippen LogP contribution in [-0.2, 0) is 13.0 Å². The van der Waals surface area contributed by atoms with Gasteiger partial charge in [-0.05, 0) is 43.5 Å².